The van der Waals surface area contributed by atoms with Crippen LogP contribution in [0.3, 0.4) is 0 Å². The van der Waals surface area contributed by atoms with Gasteiger partial charge in [0.2, 0.25) is 0 Å². The Hall–Kier alpha value is -1.70. The first kappa shape index (κ1) is 18.1. The quantitative estimate of drug-likeness (QED) is 0.634. The molecule has 4 heteroatoms. The molecule has 0 heterocycles. The maximum atomic E-state index is 12.4. The number of esters is 1. The van der Waals surface area contributed by atoms with E-state index in [0.29, 0.717) is 12.2 Å². The van der Waals surface area contributed by atoms with Crippen LogP contribution in [0.1, 0.15) is 32.1 Å². The number of methoxy groups -OCH3 is 1. The van der Waals surface area contributed by atoms with Gasteiger partial charge in [-0.05, 0) is 37.1 Å². The lowest BCUT2D eigenvalue weighted by Crippen LogP contribution is -2.43. The van der Waals surface area contributed by atoms with Crippen LogP contribution in [0.4, 0.5) is 0 Å². The van der Waals surface area contributed by atoms with Crippen molar-refractivity contribution in [1.82, 2.24) is 5.09 Å². The summed E-state index contributed by atoms with van der Waals surface area (Å²) in [7, 11) is -0.587. The minimum absolute atomic E-state index is 0.149. The standard InChI is InChI=1S/C21H27NO2P/c1-24-21(23)17-25(19-13-7-3-8-14-19,20-15-9-4-10-16-20)22-18-11-5-2-6-12-18/h3-4,7-10,13-16,18,22H,2,5-6,11-12,17H2,1H3/q+1. The summed E-state index contributed by atoms with van der Waals surface area (Å²) in [4.78, 5) is 12.4. The Kier molecular flexibility index (Phi) is 6.23. The highest BCUT2D eigenvalue weighted by Gasteiger charge is 2.47. The SMILES string of the molecule is COC(=O)C[P+](NC1CCCCC1)(c1ccccc1)c1ccccc1. The molecule has 0 unspecified atom stereocenters. The van der Waals surface area contributed by atoms with Gasteiger partial charge in [-0.15, -0.1) is 0 Å². The number of hydrogen-bond donors (Lipinski definition) is 1. The van der Waals surface area contributed by atoms with Gasteiger partial charge >= 0.3 is 5.97 Å². The van der Waals surface area contributed by atoms with Crippen LogP contribution < -0.4 is 15.7 Å². The second-order valence-electron chi connectivity index (χ2n) is 6.68. The number of ether oxygens (including phenoxy) is 1. The van der Waals surface area contributed by atoms with Crippen molar-refractivity contribution in [2.45, 2.75) is 38.1 Å². The Morgan fingerprint density at radius 3 is 1.96 bits per heavy atom. The van der Waals surface area contributed by atoms with Crippen LogP contribution in [0.5, 0.6) is 0 Å². The predicted molar refractivity (Wildman–Crippen MR) is 106 cm³/mol. The molecule has 1 saturated carbocycles. The molecule has 2 aromatic rings. The normalized spacial score (nSPS) is 15.7. The van der Waals surface area contributed by atoms with E-state index < -0.39 is 7.41 Å². The molecule has 0 amide bonds. The molecule has 2 aromatic carbocycles. The number of carbonyl (C=O) groups is 1. The number of rotatable bonds is 6. The molecule has 0 bridgehead atoms. The lowest BCUT2D eigenvalue weighted by molar-refractivity contribution is -0.137. The van der Waals surface area contributed by atoms with E-state index >= 15 is 0 Å². The van der Waals surface area contributed by atoms with Crippen LogP contribution in [-0.2, 0) is 9.53 Å². The maximum Gasteiger partial charge on any atom is 0.346 e. The molecule has 0 radical (unpaired) electrons. The number of nitrogens with one attached hydrogen (secondary N) is 1. The molecule has 1 aliphatic rings. The largest absolute Gasteiger partial charge is 0.466 e. The van der Waals surface area contributed by atoms with Gasteiger partial charge in [-0.1, -0.05) is 55.7 Å². The Balaban J connectivity index is 2.07. The predicted octanol–water partition coefficient (Wildman–Crippen LogP) is 3.67. The lowest BCUT2D eigenvalue weighted by atomic mass is 9.96. The Morgan fingerprint density at radius 1 is 0.960 bits per heavy atom. The van der Waals surface area contributed by atoms with Gasteiger partial charge in [0, 0.05) is 6.04 Å². The molecule has 0 spiro atoms. The van der Waals surface area contributed by atoms with Crippen molar-refractivity contribution in [3.8, 4) is 0 Å². The van der Waals surface area contributed by atoms with E-state index in [0.717, 1.165) is 0 Å². The van der Waals surface area contributed by atoms with E-state index in [2.05, 4.69) is 53.6 Å². The number of benzene rings is 2. The monoisotopic (exact) mass is 356 g/mol. The summed E-state index contributed by atoms with van der Waals surface area (Å²) in [5, 5.41) is 6.42. The van der Waals surface area contributed by atoms with E-state index in [-0.39, 0.29) is 5.97 Å². The van der Waals surface area contributed by atoms with Gasteiger partial charge in [0.1, 0.15) is 10.6 Å². The third kappa shape index (κ3) is 4.29. The highest BCUT2D eigenvalue weighted by molar-refractivity contribution is 7.88. The zero-order chi connectivity index (χ0) is 17.5. The fourth-order valence-corrected chi connectivity index (χ4v) is 7.51. The summed E-state index contributed by atoms with van der Waals surface area (Å²) in [6.45, 7) is 0. The zero-order valence-electron chi connectivity index (χ0n) is 14.9. The van der Waals surface area contributed by atoms with Gasteiger partial charge in [0.15, 0.2) is 13.6 Å². The topological polar surface area (TPSA) is 38.3 Å². The van der Waals surface area contributed by atoms with E-state index in [1.54, 1.807) is 0 Å². The molecule has 0 atom stereocenters. The zero-order valence-corrected chi connectivity index (χ0v) is 15.8. The summed E-state index contributed by atoms with van der Waals surface area (Å²) >= 11 is 0. The summed E-state index contributed by atoms with van der Waals surface area (Å²) < 4.78 is 5.09. The molecule has 0 aromatic heterocycles. The summed E-state index contributed by atoms with van der Waals surface area (Å²) in [5.74, 6) is -0.149. The fourth-order valence-electron chi connectivity index (χ4n) is 3.69. The molecule has 25 heavy (non-hydrogen) atoms. The highest BCUT2D eigenvalue weighted by atomic mass is 31.2. The second-order valence-corrected chi connectivity index (χ2v) is 9.91. The van der Waals surface area contributed by atoms with E-state index in [4.69, 9.17) is 4.74 Å². The van der Waals surface area contributed by atoms with Gasteiger partial charge in [-0.3, -0.25) is 0 Å². The molecule has 0 aliphatic heterocycles. The summed E-state index contributed by atoms with van der Waals surface area (Å²) in [6.07, 6.45) is 6.61. The van der Waals surface area contributed by atoms with Crippen LogP contribution in [-0.4, -0.2) is 25.3 Å². The second kappa shape index (κ2) is 8.60. The van der Waals surface area contributed by atoms with Gasteiger partial charge in [-0.2, -0.15) is 5.09 Å². The molecule has 3 nitrogen and oxygen atoms in total. The van der Waals surface area contributed by atoms with Crippen LogP contribution >= 0.6 is 7.41 Å². The molecule has 132 valence electrons. The molecular weight excluding hydrogens is 329 g/mol. The molecule has 3 rings (SSSR count). The van der Waals surface area contributed by atoms with Gasteiger partial charge < -0.3 is 4.74 Å². The van der Waals surface area contributed by atoms with Crippen molar-refractivity contribution in [2.24, 2.45) is 0 Å². The van der Waals surface area contributed by atoms with E-state index in [9.17, 15) is 4.79 Å². The Bertz CT molecular complexity index is 629. The van der Waals surface area contributed by atoms with Crippen LogP contribution in [0.2, 0.25) is 0 Å². The average molecular weight is 356 g/mol. The molecule has 0 saturated heterocycles. The van der Waals surface area contributed by atoms with Crippen LogP contribution in [0.25, 0.3) is 0 Å². The van der Waals surface area contributed by atoms with Crippen molar-refractivity contribution in [2.75, 3.05) is 13.3 Å². The van der Waals surface area contributed by atoms with Gasteiger partial charge in [-0.25, -0.2) is 4.79 Å². The first-order valence-corrected chi connectivity index (χ1v) is 11.1. The van der Waals surface area contributed by atoms with E-state index in [1.165, 1.54) is 49.8 Å². The highest BCUT2D eigenvalue weighted by Crippen LogP contribution is 2.53. The minimum atomic E-state index is -2.07. The molecule has 1 aliphatic carbocycles. The Morgan fingerprint density at radius 2 is 1.48 bits per heavy atom. The number of carbonyl (C=O) groups excluding carboxylic acids is 1. The minimum Gasteiger partial charge on any atom is -0.466 e. The Labute approximate surface area is 151 Å². The van der Waals surface area contributed by atoms with E-state index in [1.807, 2.05) is 12.1 Å². The molecule has 1 fully saturated rings. The van der Waals surface area contributed by atoms with Crippen molar-refractivity contribution < 1.29 is 9.53 Å². The first-order valence-electron chi connectivity index (χ1n) is 9.08. The first-order chi connectivity index (χ1) is 12.2. The fraction of sp³-hybridized carbons (Fsp3) is 0.381. The smallest absolute Gasteiger partial charge is 0.346 e. The summed E-state index contributed by atoms with van der Waals surface area (Å²) in [6, 6.07) is 21.4. The lowest BCUT2D eigenvalue weighted by Gasteiger charge is -2.32. The molecular formula is C21H27NO2P+. The molecule has 1 N–H and O–H groups in total. The van der Waals surface area contributed by atoms with Crippen molar-refractivity contribution in [3.05, 3.63) is 60.7 Å². The van der Waals surface area contributed by atoms with Crippen molar-refractivity contribution >= 4 is 24.0 Å². The van der Waals surface area contributed by atoms with Gasteiger partial charge in [0.05, 0.1) is 7.11 Å². The summed E-state index contributed by atoms with van der Waals surface area (Å²) in [5.41, 5.74) is 0. The maximum absolute atomic E-state index is 12.4. The van der Waals surface area contributed by atoms with Crippen LogP contribution in [0.15, 0.2) is 60.7 Å². The van der Waals surface area contributed by atoms with Crippen molar-refractivity contribution in [3.63, 3.8) is 0 Å². The van der Waals surface area contributed by atoms with Crippen LogP contribution in [0, 0.1) is 0 Å². The number of hydrogen-bond acceptors (Lipinski definition) is 3. The third-order valence-corrected chi connectivity index (χ3v) is 8.89. The van der Waals surface area contributed by atoms with Crippen molar-refractivity contribution in [1.29, 1.82) is 0 Å². The van der Waals surface area contributed by atoms with Gasteiger partial charge in [0.25, 0.3) is 0 Å². The third-order valence-electron chi connectivity index (χ3n) is 5.00. The average Bonchev–Trinajstić information content (AvgIpc) is 2.69.